The monoisotopic (exact) mass is 738 g/mol. The molecule has 0 aliphatic carbocycles. The number of aliphatic hydroxyl groups is 1. The molecule has 1 saturated heterocycles. The number of hydrogen-bond donors (Lipinski definition) is 3. The number of esters is 1. The van der Waals surface area contributed by atoms with E-state index in [1.54, 1.807) is 89.4 Å². The van der Waals surface area contributed by atoms with Crippen LogP contribution in [0.2, 0.25) is 0 Å². The van der Waals surface area contributed by atoms with Gasteiger partial charge in [-0.25, -0.2) is 4.98 Å². The van der Waals surface area contributed by atoms with Crippen LogP contribution in [0.4, 0.5) is 0 Å². The number of aromatic nitrogens is 1. The largest absolute Gasteiger partial charge is 0.464 e. The smallest absolute Gasteiger partial charge is 0.302 e. The van der Waals surface area contributed by atoms with Crippen LogP contribution in [-0.2, 0) is 44.5 Å². The lowest BCUT2D eigenvalue weighted by Crippen LogP contribution is -2.63. The van der Waals surface area contributed by atoms with Crippen LogP contribution in [0.1, 0.15) is 46.3 Å². The molecule has 14 nitrogen and oxygen atoms in total. The Hall–Kier alpha value is -4.89. The number of carbonyl (C=O) groups excluding carboxylic acids is 4. The second kappa shape index (κ2) is 22.2. The van der Waals surface area contributed by atoms with Crippen LogP contribution in [0, 0.1) is 12.3 Å². The number of oxazole rings is 1. The maximum atomic E-state index is 13.5. The molecule has 1 aromatic heterocycles. The first-order valence-corrected chi connectivity index (χ1v) is 17.2. The van der Waals surface area contributed by atoms with Crippen molar-refractivity contribution in [1.82, 2.24) is 20.5 Å². The molecule has 0 saturated carbocycles. The molecule has 290 valence electrons. The Morgan fingerprint density at radius 1 is 1.06 bits per heavy atom. The molecule has 1 aromatic rings. The number of nitrogens with one attached hydrogen (secondary N) is 2. The van der Waals surface area contributed by atoms with Crippen molar-refractivity contribution in [1.29, 1.82) is 0 Å². The van der Waals surface area contributed by atoms with Gasteiger partial charge in [-0.1, -0.05) is 72.9 Å². The summed E-state index contributed by atoms with van der Waals surface area (Å²) in [4.78, 5) is 55.8. The Morgan fingerprint density at radius 3 is 2.34 bits per heavy atom. The first-order valence-electron chi connectivity index (χ1n) is 17.2. The van der Waals surface area contributed by atoms with Gasteiger partial charge in [-0.2, -0.15) is 0 Å². The molecule has 0 radical (unpaired) electrons. The number of rotatable bonds is 20. The molecule has 4 unspecified atom stereocenters. The molecular formula is C39H54N4O10. The quantitative estimate of drug-likeness (QED) is 0.101. The molecule has 2 rings (SSSR count). The maximum Gasteiger partial charge on any atom is 0.302 e. The number of hydrogen-bond acceptors (Lipinski definition) is 11. The highest BCUT2D eigenvalue weighted by atomic mass is 16.7. The van der Waals surface area contributed by atoms with E-state index in [4.69, 9.17) is 23.4 Å². The van der Waals surface area contributed by atoms with Crippen molar-refractivity contribution in [2.45, 2.75) is 71.9 Å². The number of amides is 3. The number of carbonyl (C=O) groups is 4. The fourth-order valence-corrected chi connectivity index (χ4v) is 4.96. The topological polar surface area (TPSA) is 179 Å². The van der Waals surface area contributed by atoms with Gasteiger partial charge in [0.15, 0.2) is 12.7 Å². The standard InChI is InChI=1S/C39H54N4O10/c1-28(20-16-13-14-17-21-32-24-41-30(3)53-32)35(46)38(5,6)36(47)40-23-19-15-11-9-10-12-18-22-34(45)42-39(26-50-27-52-39)37(48)43(7)33(29(2)49-8)25-51-31(4)44/h9-20,22,24,29,33,35,46H,21,23,25-27H2,1-8H3,(H,40,47)(H,42,45)/b11-9+,12-10+,16-13-,17-14+,19-15-,22-18+,28-20-. The summed E-state index contributed by atoms with van der Waals surface area (Å²) in [5.41, 5.74) is -2.17. The molecule has 0 spiro atoms. The van der Waals surface area contributed by atoms with Crippen LogP contribution in [0.15, 0.2) is 95.2 Å². The first-order chi connectivity index (χ1) is 25.1. The zero-order chi connectivity index (χ0) is 39.4. The van der Waals surface area contributed by atoms with Gasteiger partial charge >= 0.3 is 5.97 Å². The van der Waals surface area contributed by atoms with Gasteiger partial charge < -0.3 is 44.0 Å². The van der Waals surface area contributed by atoms with Crippen LogP contribution in [-0.4, -0.2) is 103 Å². The zero-order valence-electron chi connectivity index (χ0n) is 31.9. The van der Waals surface area contributed by atoms with Crippen LogP contribution >= 0.6 is 0 Å². The van der Waals surface area contributed by atoms with Crippen LogP contribution in [0.25, 0.3) is 0 Å². The average molecular weight is 739 g/mol. The predicted molar refractivity (Wildman–Crippen MR) is 199 cm³/mol. The summed E-state index contributed by atoms with van der Waals surface area (Å²) in [6.45, 7) is 9.69. The molecule has 3 amide bonds. The van der Waals surface area contributed by atoms with Crippen LogP contribution in [0.3, 0.4) is 0 Å². The van der Waals surface area contributed by atoms with Crippen molar-refractivity contribution in [3.05, 3.63) is 102 Å². The average Bonchev–Trinajstić information content (AvgIpc) is 3.78. The minimum absolute atomic E-state index is 0.107. The van der Waals surface area contributed by atoms with Gasteiger partial charge in [0, 0.05) is 47.0 Å². The summed E-state index contributed by atoms with van der Waals surface area (Å²) in [7, 11) is 2.98. The summed E-state index contributed by atoms with van der Waals surface area (Å²) in [5, 5.41) is 16.3. The molecule has 4 atom stereocenters. The van der Waals surface area contributed by atoms with Gasteiger partial charge in [-0.15, -0.1) is 0 Å². The minimum atomic E-state index is -1.76. The summed E-state index contributed by atoms with van der Waals surface area (Å²) in [5.74, 6) is -0.567. The number of aryl methyl sites for hydroxylation is 1. The van der Waals surface area contributed by atoms with Gasteiger partial charge in [0.2, 0.25) is 17.5 Å². The number of nitrogens with zero attached hydrogens (tertiary/aromatic N) is 2. The van der Waals surface area contributed by atoms with E-state index in [1.807, 2.05) is 18.2 Å². The second-order valence-corrected chi connectivity index (χ2v) is 12.8. The number of methoxy groups -OCH3 is 1. The Kier molecular flexibility index (Phi) is 18.6. The van der Waals surface area contributed by atoms with E-state index in [0.717, 1.165) is 5.76 Å². The maximum absolute atomic E-state index is 13.5. The molecule has 0 bridgehead atoms. The zero-order valence-corrected chi connectivity index (χ0v) is 31.9. The Labute approximate surface area is 312 Å². The second-order valence-electron chi connectivity index (χ2n) is 12.8. The summed E-state index contributed by atoms with van der Waals surface area (Å²) in [6, 6.07) is -0.648. The molecule has 53 heavy (non-hydrogen) atoms. The van der Waals surface area contributed by atoms with E-state index in [-0.39, 0.29) is 32.5 Å². The molecular weight excluding hydrogens is 684 g/mol. The molecule has 3 N–H and O–H groups in total. The first kappa shape index (κ1) is 44.3. The highest BCUT2D eigenvalue weighted by Crippen LogP contribution is 2.26. The van der Waals surface area contributed by atoms with Gasteiger partial charge in [0.1, 0.15) is 19.0 Å². The molecule has 1 aliphatic rings. The van der Waals surface area contributed by atoms with Crippen molar-refractivity contribution in [3.8, 4) is 0 Å². The normalized spacial score (nSPS) is 18.8. The number of allylic oxidation sites excluding steroid dienone is 11. The SMILES string of the molecule is COC(C)C(COC(C)=O)N(C)C(=O)C1(NC(=O)/C=C/C=C/C=C/C=C\CNC(=O)C(C)(C)C(O)\C(C)=C/C=C\C=C\Cc2cnc(C)o2)COCO1. The third-order valence-electron chi connectivity index (χ3n) is 8.28. The third-order valence-corrected chi connectivity index (χ3v) is 8.28. The summed E-state index contributed by atoms with van der Waals surface area (Å²) < 4.78 is 26.7. The number of aliphatic hydroxyl groups excluding tert-OH is 1. The Bertz CT molecular complexity index is 1580. The van der Waals surface area contributed by atoms with E-state index in [9.17, 15) is 24.3 Å². The summed E-state index contributed by atoms with van der Waals surface area (Å²) in [6.07, 6.45) is 23.1. The Balaban J connectivity index is 1.82. The van der Waals surface area contributed by atoms with E-state index >= 15 is 0 Å². The van der Waals surface area contributed by atoms with Crippen molar-refractivity contribution < 1.29 is 47.6 Å². The van der Waals surface area contributed by atoms with Gasteiger partial charge in [0.25, 0.3) is 5.91 Å². The van der Waals surface area contributed by atoms with Crippen molar-refractivity contribution >= 4 is 23.7 Å². The lowest BCUT2D eigenvalue weighted by molar-refractivity contribution is -0.165. The third kappa shape index (κ3) is 14.6. The van der Waals surface area contributed by atoms with E-state index in [0.29, 0.717) is 17.9 Å². The Morgan fingerprint density at radius 2 is 1.72 bits per heavy atom. The highest BCUT2D eigenvalue weighted by molar-refractivity contribution is 5.95. The van der Waals surface area contributed by atoms with E-state index in [1.165, 1.54) is 38.1 Å². The minimum Gasteiger partial charge on any atom is -0.464 e. The van der Waals surface area contributed by atoms with Crippen molar-refractivity contribution in [2.24, 2.45) is 5.41 Å². The molecule has 1 fully saturated rings. The van der Waals surface area contributed by atoms with E-state index in [2.05, 4.69) is 15.6 Å². The van der Waals surface area contributed by atoms with Gasteiger partial charge in [0.05, 0.1) is 29.9 Å². The highest BCUT2D eigenvalue weighted by Gasteiger charge is 2.48. The predicted octanol–water partition coefficient (Wildman–Crippen LogP) is 3.55. The molecule has 1 aliphatic heterocycles. The van der Waals surface area contributed by atoms with Crippen molar-refractivity contribution in [2.75, 3.05) is 40.7 Å². The lowest BCUT2D eigenvalue weighted by Gasteiger charge is -2.36. The van der Waals surface area contributed by atoms with Gasteiger partial charge in [-0.05, 0) is 33.3 Å². The van der Waals surface area contributed by atoms with Crippen LogP contribution in [0.5, 0.6) is 0 Å². The molecule has 14 heteroatoms. The fourth-order valence-electron chi connectivity index (χ4n) is 4.96. The lowest BCUT2D eigenvalue weighted by atomic mass is 9.81. The number of ether oxygens (including phenoxy) is 4. The van der Waals surface area contributed by atoms with Gasteiger partial charge in [-0.3, -0.25) is 19.2 Å². The fraction of sp³-hybridized carbons (Fsp3) is 0.462. The number of likely N-dealkylation sites (N-methyl/N-ethyl adjacent to an activating group) is 1. The molecule has 2 heterocycles. The molecule has 0 aromatic carbocycles. The van der Waals surface area contributed by atoms with Crippen molar-refractivity contribution in [3.63, 3.8) is 0 Å². The van der Waals surface area contributed by atoms with Crippen LogP contribution < -0.4 is 10.6 Å². The summed E-state index contributed by atoms with van der Waals surface area (Å²) >= 11 is 0. The van der Waals surface area contributed by atoms with E-state index < -0.39 is 47.2 Å².